The van der Waals surface area contributed by atoms with Crippen molar-refractivity contribution in [1.29, 1.82) is 0 Å². The van der Waals surface area contributed by atoms with Crippen molar-refractivity contribution in [3.05, 3.63) is 29.3 Å². The lowest BCUT2D eigenvalue weighted by atomic mass is 10.1. The van der Waals surface area contributed by atoms with Crippen LogP contribution < -0.4 is 4.74 Å². The molecule has 0 atom stereocenters. The molecule has 0 unspecified atom stereocenters. The van der Waals surface area contributed by atoms with E-state index in [0.717, 1.165) is 42.6 Å². The Bertz CT molecular complexity index is 606. The lowest BCUT2D eigenvalue weighted by Crippen LogP contribution is -2.44. The van der Waals surface area contributed by atoms with Gasteiger partial charge in [-0.3, -0.25) is 9.59 Å². The van der Waals surface area contributed by atoms with E-state index in [0.29, 0.717) is 6.54 Å². The molecule has 0 bridgehead atoms. The second kappa shape index (κ2) is 10.2. The van der Waals surface area contributed by atoms with Crippen LogP contribution in [0.1, 0.15) is 56.1 Å². The molecule has 1 aromatic rings. The molecular weight excluding hydrogens is 330 g/mol. The molecule has 0 heterocycles. The fourth-order valence-corrected chi connectivity index (χ4v) is 3.48. The van der Waals surface area contributed by atoms with Gasteiger partial charge in [0.1, 0.15) is 5.75 Å². The van der Waals surface area contributed by atoms with Gasteiger partial charge in [0.05, 0.1) is 13.5 Å². The van der Waals surface area contributed by atoms with Crippen molar-refractivity contribution in [2.45, 2.75) is 64.8 Å². The minimum Gasteiger partial charge on any atom is -0.483 e. The smallest absolute Gasteiger partial charge is 0.307 e. The zero-order chi connectivity index (χ0) is 18.9. The maximum absolute atomic E-state index is 12.9. The van der Waals surface area contributed by atoms with Gasteiger partial charge in [0, 0.05) is 12.6 Å². The number of carbonyl (C=O) groups is 2. The molecule has 1 fully saturated rings. The van der Waals surface area contributed by atoms with Crippen molar-refractivity contribution in [3.8, 4) is 5.75 Å². The minimum atomic E-state index is -0.285. The zero-order valence-corrected chi connectivity index (χ0v) is 16.3. The average molecular weight is 361 g/mol. The van der Waals surface area contributed by atoms with Crippen LogP contribution in [0.3, 0.4) is 0 Å². The largest absolute Gasteiger partial charge is 0.483 e. The van der Waals surface area contributed by atoms with Crippen LogP contribution in [-0.4, -0.2) is 43.1 Å². The van der Waals surface area contributed by atoms with Crippen molar-refractivity contribution in [3.63, 3.8) is 0 Å². The highest BCUT2D eigenvalue weighted by atomic mass is 16.5. The number of aryl methyl sites for hydroxylation is 2. The molecule has 0 N–H and O–H groups in total. The highest BCUT2D eigenvalue weighted by Gasteiger charge is 2.25. The highest BCUT2D eigenvalue weighted by Crippen LogP contribution is 2.23. The highest BCUT2D eigenvalue weighted by molar-refractivity contribution is 5.79. The van der Waals surface area contributed by atoms with Crippen LogP contribution in [-0.2, 0) is 14.3 Å². The second-order valence-corrected chi connectivity index (χ2v) is 7.12. The van der Waals surface area contributed by atoms with Gasteiger partial charge in [-0.05, 0) is 43.9 Å². The van der Waals surface area contributed by atoms with Gasteiger partial charge < -0.3 is 14.4 Å². The number of ether oxygens (including phenoxy) is 2. The number of methoxy groups -OCH3 is 1. The molecule has 1 aliphatic rings. The van der Waals surface area contributed by atoms with E-state index in [4.69, 9.17) is 9.47 Å². The summed E-state index contributed by atoms with van der Waals surface area (Å²) in [6.45, 7) is 4.37. The Kier molecular flexibility index (Phi) is 7.95. The molecule has 1 aromatic carbocycles. The van der Waals surface area contributed by atoms with Gasteiger partial charge in [-0.2, -0.15) is 0 Å². The second-order valence-electron chi connectivity index (χ2n) is 7.12. The summed E-state index contributed by atoms with van der Waals surface area (Å²) in [5.41, 5.74) is 2.11. The summed E-state index contributed by atoms with van der Waals surface area (Å²) in [7, 11) is 1.38. The Morgan fingerprint density at radius 2 is 1.81 bits per heavy atom. The van der Waals surface area contributed by atoms with Gasteiger partial charge in [-0.1, -0.05) is 37.8 Å². The van der Waals surface area contributed by atoms with E-state index in [1.54, 1.807) is 0 Å². The van der Waals surface area contributed by atoms with Crippen LogP contribution in [0.15, 0.2) is 18.2 Å². The molecule has 0 spiro atoms. The Balaban J connectivity index is 2.03. The number of benzene rings is 1. The molecule has 0 aromatic heterocycles. The topological polar surface area (TPSA) is 55.8 Å². The summed E-state index contributed by atoms with van der Waals surface area (Å²) >= 11 is 0. The number of amides is 1. The normalized spacial score (nSPS) is 15.2. The van der Waals surface area contributed by atoms with E-state index in [2.05, 4.69) is 0 Å². The van der Waals surface area contributed by atoms with Crippen molar-refractivity contribution >= 4 is 11.9 Å². The SMILES string of the molecule is COC(=O)CCN(C(=O)COc1cc(C)ccc1C)C1CCCCCC1. The van der Waals surface area contributed by atoms with E-state index in [9.17, 15) is 9.59 Å². The Labute approximate surface area is 156 Å². The van der Waals surface area contributed by atoms with Crippen LogP contribution in [0.5, 0.6) is 5.75 Å². The van der Waals surface area contributed by atoms with Crippen LogP contribution in [0, 0.1) is 13.8 Å². The summed E-state index contributed by atoms with van der Waals surface area (Å²) in [6.07, 6.45) is 6.91. The number of hydrogen-bond donors (Lipinski definition) is 0. The van der Waals surface area contributed by atoms with E-state index in [1.165, 1.54) is 20.0 Å². The van der Waals surface area contributed by atoms with Gasteiger partial charge >= 0.3 is 5.97 Å². The Morgan fingerprint density at radius 1 is 1.12 bits per heavy atom. The third kappa shape index (κ3) is 6.04. The number of hydrogen-bond acceptors (Lipinski definition) is 4. The molecule has 0 radical (unpaired) electrons. The minimum absolute atomic E-state index is 0.00195. The average Bonchev–Trinajstić information content (AvgIpc) is 2.91. The Hall–Kier alpha value is -2.04. The number of esters is 1. The van der Waals surface area contributed by atoms with E-state index < -0.39 is 0 Å². The van der Waals surface area contributed by atoms with Crippen LogP contribution in [0.25, 0.3) is 0 Å². The first-order chi connectivity index (χ1) is 12.5. The lowest BCUT2D eigenvalue weighted by molar-refractivity contribution is -0.143. The maximum Gasteiger partial charge on any atom is 0.307 e. The van der Waals surface area contributed by atoms with Crippen molar-refractivity contribution in [1.82, 2.24) is 4.90 Å². The fourth-order valence-electron chi connectivity index (χ4n) is 3.48. The summed E-state index contributed by atoms with van der Waals surface area (Å²) in [4.78, 5) is 26.3. The molecular formula is C21H31NO4. The number of nitrogens with zero attached hydrogens (tertiary/aromatic N) is 1. The maximum atomic E-state index is 12.9. The summed E-state index contributed by atoms with van der Waals surface area (Å²) in [6, 6.07) is 6.16. The summed E-state index contributed by atoms with van der Waals surface area (Å²) < 4.78 is 10.6. The van der Waals surface area contributed by atoms with Gasteiger partial charge in [0.15, 0.2) is 6.61 Å². The van der Waals surface area contributed by atoms with Gasteiger partial charge in [0.25, 0.3) is 5.91 Å². The monoisotopic (exact) mass is 361 g/mol. The van der Waals surface area contributed by atoms with Crippen LogP contribution in [0.4, 0.5) is 0 Å². The molecule has 0 aliphatic heterocycles. The van der Waals surface area contributed by atoms with Crippen molar-refractivity contribution in [2.75, 3.05) is 20.3 Å². The number of rotatable bonds is 7. The van der Waals surface area contributed by atoms with Crippen LogP contribution >= 0.6 is 0 Å². The first kappa shape index (κ1) is 20.3. The predicted molar refractivity (Wildman–Crippen MR) is 101 cm³/mol. The first-order valence-corrected chi connectivity index (χ1v) is 9.57. The zero-order valence-electron chi connectivity index (χ0n) is 16.3. The Morgan fingerprint density at radius 3 is 2.46 bits per heavy atom. The van der Waals surface area contributed by atoms with E-state index >= 15 is 0 Å². The van der Waals surface area contributed by atoms with Crippen LogP contribution in [0.2, 0.25) is 0 Å². The molecule has 26 heavy (non-hydrogen) atoms. The molecule has 2 rings (SSSR count). The third-order valence-electron chi connectivity index (χ3n) is 5.07. The first-order valence-electron chi connectivity index (χ1n) is 9.57. The summed E-state index contributed by atoms with van der Waals surface area (Å²) in [5.74, 6) is 0.403. The van der Waals surface area contributed by atoms with E-state index in [-0.39, 0.29) is 30.9 Å². The standard InChI is InChI=1S/C21H31NO4/c1-16-10-11-17(2)19(14-16)26-15-20(23)22(13-12-21(24)25-3)18-8-6-4-5-7-9-18/h10-11,14,18H,4-9,12-13,15H2,1-3H3. The molecule has 144 valence electrons. The molecule has 5 nitrogen and oxygen atoms in total. The third-order valence-corrected chi connectivity index (χ3v) is 5.07. The predicted octanol–water partition coefficient (Wildman–Crippen LogP) is 3.80. The van der Waals surface area contributed by atoms with Crippen molar-refractivity contribution < 1.29 is 19.1 Å². The number of carbonyl (C=O) groups excluding carboxylic acids is 2. The molecule has 1 saturated carbocycles. The molecule has 0 saturated heterocycles. The van der Waals surface area contributed by atoms with Crippen molar-refractivity contribution in [2.24, 2.45) is 0 Å². The molecule has 1 aliphatic carbocycles. The quantitative estimate of drug-likeness (QED) is 0.548. The van der Waals surface area contributed by atoms with Gasteiger partial charge in [-0.15, -0.1) is 0 Å². The van der Waals surface area contributed by atoms with E-state index in [1.807, 2.05) is 36.9 Å². The fraction of sp³-hybridized carbons (Fsp3) is 0.619. The molecule has 1 amide bonds. The molecule has 5 heteroatoms. The van der Waals surface area contributed by atoms with Gasteiger partial charge in [-0.25, -0.2) is 0 Å². The lowest BCUT2D eigenvalue weighted by Gasteiger charge is -2.31. The summed E-state index contributed by atoms with van der Waals surface area (Å²) in [5, 5.41) is 0. The van der Waals surface area contributed by atoms with Gasteiger partial charge in [0.2, 0.25) is 0 Å².